The van der Waals surface area contributed by atoms with Crippen LogP contribution in [0, 0.1) is 5.82 Å². The van der Waals surface area contributed by atoms with Crippen LogP contribution in [-0.4, -0.2) is 48.9 Å². The summed E-state index contributed by atoms with van der Waals surface area (Å²) >= 11 is 9.03. The van der Waals surface area contributed by atoms with Gasteiger partial charge in [0.15, 0.2) is 0 Å². The second-order valence-corrected chi connectivity index (χ2v) is 5.60. The smallest absolute Gasteiger partial charge is 0.256 e. The van der Waals surface area contributed by atoms with E-state index in [2.05, 4.69) is 20.8 Å². The summed E-state index contributed by atoms with van der Waals surface area (Å²) in [7, 11) is 2.00. The minimum absolute atomic E-state index is 0.0350. The van der Waals surface area contributed by atoms with Crippen molar-refractivity contribution < 1.29 is 9.18 Å². The molecule has 0 unspecified atom stereocenters. The Balaban J connectivity index is 2.21. The number of rotatable bonds is 1. The molecule has 0 N–H and O–H groups in total. The Kier molecular flexibility index (Phi) is 4.25. The number of amides is 1. The fourth-order valence-electron chi connectivity index (χ4n) is 1.87. The number of hydrogen-bond donors (Lipinski definition) is 0. The number of benzene rings is 1. The summed E-state index contributed by atoms with van der Waals surface area (Å²) in [5, 5.41) is 0.342. The second-order valence-electron chi connectivity index (χ2n) is 4.34. The summed E-state index contributed by atoms with van der Waals surface area (Å²) in [6, 6.07) is 2.60. The molecule has 1 fully saturated rings. The standard InChI is InChI=1S/C12H13BrClFN2O/c1-16-2-4-17(5-3-16)12(18)8-6-10(14)9(13)7-11(8)15/h6-7H,2-5H2,1H3. The quantitative estimate of drug-likeness (QED) is 0.737. The van der Waals surface area contributed by atoms with Gasteiger partial charge in [-0.25, -0.2) is 4.39 Å². The van der Waals surface area contributed by atoms with Crippen molar-refractivity contribution in [1.82, 2.24) is 9.80 Å². The van der Waals surface area contributed by atoms with Gasteiger partial charge in [-0.2, -0.15) is 0 Å². The number of piperazine rings is 1. The van der Waals surface area contributed by atoms with Gasteiger partial charge in [-0.05, 0) is 35.1 Å². The van der Waals surface area contributed by atoms with Crippen molar-refractivity contribution in [2.75, 3.05) is 33.2 Å². The van der Waals surface area contributed by atoms with Crippen molar-refractivity contribution in [3.8, 4) is 0 Å². The van der Waals surface area contributed by atoms with E-state index in [4.69, 9.17) is 11.6 Å². The Bertz CT molecular complexity index is 475. The van der Waals surface area contributed by atoms with Crippen LogP contribution in [0.3, 0.4) is 0 Å². The van der Waals surface area contributed by atoms with E-state index in [1.54, 1.807) is 4.90 Å². The number of likely N-dealkylation sites (N-methyl/N-ethyl adjacent to an activating group) is 1. The Labute approximate surface area is 119 Å². The molecule has 1 aliphatic heterocycles. The number of carbonyl (C=O) groups is 1. The average molecular weight is 336 g/mol. The van der Waals surface area contributed by atoms with Crippen molar-refractivity contribution in [3.63, 3.8) is 0 Å². The lowest BCUT2D eigenvalue weighted by atomic mass is 10.1. The minimum Gasteiger partial charge on any atom is -0.336 e. The molecule has 6 heteroatoms. The van der Waals surface area contributed by atoms with Crippen molar-refractivity contribution in [2.24, 2.45) is 0 Å². The van der Waals surface area contributed by atoms with E-state index >= 15 is 0 Å². The average Bonchev–Trinajstić information content (AvgIpc) is 2.34. The van der Waals surface area contributed by atoms with Gasteiger partial charge >= 0.3 is 0 Å². The van der Waals surface area contributed by atoms with E-state index < -0.39 is 5.82 Å². The summed E-state index contributed by atoms with van der Waals surface area (Å²) < 4.78 is 14.2. The molecule has 0 radical (unpaired) electrons. The molecule has 0 spiro atoms. The third-order valence-electron chi connectivity index (χ3n) is 3.03. The predicted octanol–water partition coefficient (Wildman–Crippen LogP) is 2.63. The Hall–Kier alpha value is -0.650. The monoisotopic (exact) mass is 334 g/mol. The molecule has 1 aromatic rings. The maximum absolute atomic E-state index is 13.8. The van der Waals surface area contributed by atoms with Crippen molar-refractivity contribution >= 4 is 33.4 Å². The van der Waals surface area contributed by atoms with Gasteiger partial charge in [0.1, 0.15) is 5.82 Å². The molecule has 0 bridgehead atoms. The number of carbonyl (C=O) groups excluding carboxylic acids is 1. The summed E-state index contributed by atoms with van der Waals surface area (Å²) in [5.74, 6) is -0.842. The Morgan fingerprint density at radius 1 is 1.33 bits per heavy atom. The van der Waals surface area contributed by atoms with Gasteiger partial charge in [0, 0.05) is 30.7 Å². The molecule has 2 rings (SSSR count). The topological polar surface area (TPSA) is 23.6 Å². The van der Waals surface area contributed by atoms with E-state index in [1.165, 1.54) is 12.1 Å². The lowest BCUT2D eigenvalue weighted by molar-refractivity contribution is 0.0659. The number of halogens is 3. The molecule has 1 saturated heterocycles. The summed E-state index contributed by atoms with van der Waals surface area (Å²) in [6.07, 6.45) is 0. The van der Waals surface area contributed by atoms with E-state index in [0.717, 1.165) is 13.1 Å². The summed E-state index contributed by atoms with van der Waals surface area (Å²) in [6.45, 7) is 2.83. The fourth-order valence-corrected chi connectivity index (χ4v) is 2.35. The van der Waals surface area contributed by atoms with E-state index in [-0.39, 0.29) is 11.5 Å². The molecule has 0 aliphatic carbocycles. The molecule has 1 amide bonds. The molecule has 1 aromatic carbocycles. The second kappa shape index (κ2) is 5.55. The zero-order chi connectivity index (χ0) is 13.3. The van der Waals surface area contributed by atoms with E-state index in [1.807, 2.05) is 7.05 Å². The molecule has 1 aliphatic rings. The highest BCUT2D eigenvalue weighted by molar-refractivity contribution is 9.10. The lowest BCUT2D eigenvalue weighted by Crippen LogP contribution is -2.47. The first-order valence-corrected chi connectivity index (χ1v) is 6.78. The van der Waals surface area contributed by atoms with Crippen LogP contribution < -0.4 is 0 Å². The van der Waals surface area contributed by atoms with Crippen LogP contribution in [0.4, 0.5) is 4.39 Å². The first-order chi connectivity index (χ1) is 8.49. The third-order valence-corrected chi connectivity index (χ3v) is 4.23. The molecule has 3 nitrogen and oxygen atoms in total. The fraction of sp³-hybridized carbons (Fsp3) is 0.417. The normalized spacial score (nSPS) is 17.0. The molecule has 98 valence electrons. The zero-order valence-electron chi connectivity index (χ0n) is 9.92. The number of hydrogen-bond acceptors (Lipinski definition) is 2. The Morgan fingerprint density at radius 2 is 1.94 bits per heavy atom. The highest BCUT2D eigenvalue weighted by atomic mass is 79.9. The van der Waals surface area contributed by atoms with Crippen molar-refractivity contribution in [2.45, 2.75) is 0 Å². The third kappa shape index (κ3) is 2.84. The molecule has 0 saturated carbocycles. The zero-order valence-corrected chi connectivity index (χ0v) is 12.3. The number of nitrogens with zero attached hydrogens (tertiary/aromatic N) is 2. The van der Waals surface area contributed by atoms with Gasteiger partial charge in [0.05, 0.1) is 10.6 Å². The molecule has 1 heterocycles. The molecule has 0 atom stereocenters. The molecular weight excluding hydrogens is 323 g/mol. The highest BCUT2D eigenvalue weighted by Gasteiger charge is 2.23. The van der Waals surface area contributed by atoms with Crippen LogP contribution in [0.5, 0.6) is 0 Å². The predicted molar refractivity (Wildman–Crippen MR) is 72.5 cm³/mol. The maximum Gasteiger partial charge on any atom is 0.256 e. The van der Waals surface area contributed by atoms with E-state index in [0.29, 0.717) is 22.6 Å². The first-order valence-electron chi connectivity index (χ1n) is 5.61. The van der Waals surface area contributed by atoms with Gasteiger partial charge in [-0.15, -0.1) is 0 Å². The van der Waals surface area contributed by atoms with Crippen molar-refractivity contribution in [1.29, 1.82) is 0 Å². The van der Waals surface area contributed by atoms with Crippen LogP contribution in [0.25, 0.3) is 0 Å². The summed E-state index contributed by atoms with van der Waals surface area (Å²) in [4.78, 5) is 16.0. The van der Waals surface area contributed by atoms with Gasteiger partial charge < -0.3 is 9.80 Å². The van der Waals surface area contributed by atoms with E-state index in [9.17, 15) is 9.18 Å². The van der Waals surface area contributed by atoms with Gasteiger partial charge in [0.2, 0.25) is 0 Å². The molecule has 0 aromatic heterocycles. The summed E-state index contributed by atoms with van der Waals surface area (Å²) in [5.41, 5.74) is 0.0350. The van der Waals surface area contributed by atoms with Crippen LogP contribution >= 0.6 is 27.5 Å². The largest absolute Gasteiger partial charge is 0.336 e. The SMILES string of the molecule is CN1CCN(C(=O)c2cc(Cl)c(Br)cc2F)CC1. The van der Waals surface area contributed by atoms with Crippen LogP contribution in [-0.2, 0) is 0 Å². The van der Waals surface area contributed by atoms with Crippen LogP contribution in [0.15, 0.2) is 16.6 Å². The van der Waals surface area contributed by atoms with Crippen LogP contribution in [0.2, 0.25) is 5.02 Å². The van der Waals surface area contributed by atoms with Crippen LogP contribution in [0.1, 0.15) is 10.4 Å². The van der Waals surface area contributed by atoms with Gasteiger partial charge in [-0.1, -0.05) is 11.6 Å². The van der Waals surface area contributed by atoms with Gasteiger partial charge in [0.25, 0.3) is 5.91 Å². The first kappa shape index (κ1) is 13.8. The van der Waals surface area contributed by atoms with Gasteiger partial charge in [-0.3, -0.25) is 4.79 Å². The molecular formula is C12H13BrClFN2O. The lowest BCUT2D eigenvalue weighted by Gasteiger charge is -2.32. The van der Waals surface area contributed by atoms with Crippen molar-refractivity contribution in [3.05, 3.63) is 33.0 Å². The molecule has 18 heavy (non-hydrogen) atoms. The highest BCUT2D eigenvalue weighted by Crippen LogP contribution is 2.26. The maximum atomic E-state index is 13.8. The minimum atomic E-state index is -0.546. The Morgan fingerprint density at radius 3 is 2.56 bits per heavy atom.